The fourth-order valence-corrected chi connectivity index (χ4v) is 4.30. The monoisotopic (exact) mass is 433 g/mol. The summed E-state index contributed by atoms with van der Waals surface area (Å²) in [6.07, 6.45) is 2.03. The molecule has 0 spiro atoms. The van der Waals surface area contributed by atoms with Gasteiger partial charge in [0.05, 0.1) is 22.1 Å². The number of thiazole rings is 1. The molecule has 0 aliphatic carbocycles. The van der Waals surface area contributed by atoms with E-state index in [0.717, 1.165) is 10.6 Å². The molecule has 0 bridgehead atoms. The standard InChI is InChI=1S/C20H20FN3O3S2/c1-13(15-4-3-5-17(11-15)29(22,26)27)24(2)20(25)18-12-23-19(28-18)10-14-6-8-16(21)9-7-14/h3-9,11-13H,10H2,1-2H3,(H2,22,26,27). The molecule has 9 heteroatoms. The number of aromatic nitrogens is 1. The quantitative estimate of drug-likeness (QED) is 0.645. The van der Waals surface area contributed by atoms with Gasteiger partial charge in [0.2, 0.25) is 10.0 Å². The Bertz CT molecular complexity index is 1130. The van der Waals surface area contributed by atoms with Gasteiger partial charge < -0.3 is 4.90 Å². The summed E-state index contributed by atoms with van der Waals surface area (Å²) in [5, 5.41) is 5.94. The summed E-state index contributed by atoms with van der Waals surface area (Å²) < 4.78 is 36.2. The average Bonchev–Trinajstić information content (AvgIpc) is 3.16. The molecule has 0 radical (unpaired) electrons. The molecule has 29 heavy (non-hydrogen) atoms. The van der Waals surface area contributed by atoms with E-state index in [2.05, 4.69) is 4.98 Å². The first-order chi connectivity index (χ1) is 13.6. The summed E-state index contributed by atoms with van der Waals surface area (Å²) in [7, 11) is -2.17. The van der Waals surface area contributed by atoms with Crippen LogP contribution < -0.4 is 5.14 Å². The van der Waals surface area contributed by atoms with Gasteiger partial charge in [-0.1, -0.05) is 24.3 Å². The predicted octanol–water partition coefficient (Wildman–Crippen LogP) is 3.35. The van der Waals surface area contributed by atoms with Gasteiger partial charge in [-0.15, -0.1) is 11.3 Å². The van der Waals surface area contributed by atoms with E-state index >= 15 is 0 Å². The first kappa shape index (κ1) is 21.1. The number of sulfonamides is 1. The van der Waals surface area contributed by atoms with Crippen molar-refractivity contribution < 1.29 is 17.6 Å². The fourth-order valence-electron chi connectivity index (χ4n) is 2.79. The van der Waals surface area contributed by atoms with Gasteiger partial charge in [0.1, 0.15) is 10.7 Å². The minimum Gasteiger partial charge on any atom is -0.334 e. The highest BCUT2D eigenvalue weighted by Gasteiger charge is 2.22. The zero-order chi connectivity index (χ0) is 21.2. The van der Waals surface area contributed by atoms with E-state index in [0.29, 0.717) is 16.9 Å². The molecule has 0 aliphatic rings. The third-order valence-corrected chi connectivity index (χ3v) is 6.50. The molecule has 0 saturated carbocycles. The minimum absolute atomic E-state index is 0.00192. The second kappa shape index (κ2) is 8.40. The van der Waals surface area contributed by atoms with Crippen LogP contribution in [0.2, 0.25) is 0 Å². The largest absolute Gasteiger partial charge is 0.334 e. The zero-order valence-electron chi connectivity index (χ0n) is 15.9. The van der Waals surface area contributed by atoms with E-state index < -0.39 is 10.0 Å². The maximum absolute atomic E-state index is 13.0. The molecular weight excluding hydrogens is 413 g/mol. The van der Waals surface area contributed by atoms with Crippen molar-refractivity contribution in [2.75, 3.05) is 7.05 Å². The summed E-state index contributed by atoms with van der Waals surface area (Å²) in [4.78, 5) is 19.2. The van der Waals surface area contributed by atoms with E-state index in [-0.39, 0.29) is 22.7 Å². The van der Waals surface area contributed by atoms with E-state index in [1.54, 1.807) is 38.2 Å². The number of hydrogen-bond acceptors (Lipinski definition) is 5. The van der Waals surface area contributed by atoms with Crippen LogP contribution in [0.25, 0.3) is 0 Å². The smallest absolute Gasteiger partial charge is 0.265 e. The van der Waals surface area contributed by atoms with Crippen molar-refractivity contribution in [3.8, 4) is 0 Å². The number of halogens is 1. The number of carbonyl (C=O) groups is 1. The summed E-state index contributed by atoms with van der Waals surface area (Å²) in [6, 6.07) is 12.0. The molecule has 2 N–H and O–H groups in total. The third kappa shape index (κ3) is 5.06. The molecule has 0 saturated heterocycles. The van der Waals surface area contributed by atoms with Gasteiger partial charge in [-0.05, 0) is 42.3 Å². The van der Waals surface area contributed by atoms with Gasteiger partial charge >= 0.3 is 0 Å². The van der Waals surface area contributed by atoms with Gasteiger partial charge in [0.25, 0.3) is 5.91 Å². The van der Waals surface area contributed by atoms with Crippen molar-refractivity contribution in [3.05, 3.63) is 81.6 Å². The number of rotatable bonds is 6. The molecule has 0 fully saturated rings. The minimum atomic E-state index is -3.82. The number of amides is 1. The lowest BCUT2D eigenvalue weighted by atomic mass is 10.1. The van der Waals surface area contributed by atoms with Crippen molar-refractivity contribution >= 4 is 27.3 Å². The molecule has 1 aromatic heterocycles. The van der Waals surface area contributed by atoms with Crippen LogP contribution in [-0.2, 0) is 16.4 Å². The summed E-state index contributed by atoms with van der Waals surface area (Å²) in [6.45, 7) is 1.81. The summed E-state index contributed by atoms with van der Waals surface area (Å²) in [5.41, 5.74) is 1.56. The van der Waals surface area contributed by atoms with Crippen LogP contribution in [0.5, 0.6) is 0 Å². The molecule has 0 aliphatic heterocycles. The topological polar surface area (TPSA) is 93.4 Å². The van der Waals surface area contributed by atoms with Gasteiger partial charge in [-0.3, -0.25) is 4.79 Å². The highest BCUT2D eigenvalue weighted by Crippen LogP contribution is 2.25. The SMILES string of the molecule is CC(c1cccc(S(N)(=O)=O)c1)N(C)C(=O)c1cnc(Cc2ccc(F)cc2)s1. The Balaban J connectivity index is 1.75. The molecule has 3 rings (SSSR count). The highest BCUT2D eigenvalue weighted by molar-refractivity contribution is 7.89. The van der Waals surface area contributed by atoms with Crippen LogP contribution in [0.3, 0.4) is 0 Å². The lowest BCUT2D eigenvalue weighted by Gasteiger charge is -2.25. The lowest BCUT2D eigenvalue weighted by Crippen LogP contribution is -2.29. The third-order valence-electron chi connectivity index (χ3n) is 4.60. The molecule has 2 aromatic carbocycles. The Labute approximate surface area is 172 Å². The lowest BCUT2D eigenvalue weighted by molar-refractivity contribution is 0.0747. The van der Waals surface area contributed by atoms with Crippen LogP contribution in [-0.4, -0.2) is 31.3 Å². The van der Waals surface area contributed by atoms with Crippen molar-refractivity contribution in [1.29, 1.82) is 0 Å². The van der Waals surface area contributed by atoms with Crippen molar-refractivity contribution in [2.45, 2.75) is 24.3 Å². The number of benzene rings is 2. The van der Waals surface area contributed by atoms with Crippen LogP contribution in [0, 0.1) is 5.82 Å². The van der Waals surface area contributed by atoms with Crippen LogP contribution in [0.4, 0.5) is 4.39 Å². The van der Waals surface area contributed by atoms with Crippen LogP contribution in [0.1, 0.15) is 38.8 Å². The van der Waals surface area contributed by atoms with Crippen LogP contribution in [0.15, 0.2) is 59.6 Å². The van der Waals surface area contributed by atoms with Crippen molar-refractivity contribution in [2.24, 2.45) is 5.14 Å². The maximum Gasteiger partial charge on any atom is 0.265 e. The van der Waals surface area contributed by atoms with Gasteiger partial charge in [-0.2, -0.15) is 0 Å². The fraction of sp³-hybridized carbons (Fsp3) is 0.200. The Kier molecular flexibility index (Phi) is 6.11. The highest BCUT2D eigenvalue weighted by atomic mass is 32.2. The number of carbonyl (C=O) groups excluding carboxylic acids is 1. The molecule has 3 aromatic rings. The molecule has 152 valence electrons. The number of hydrogen-bond donors (Lipinski definition) is 1. The number of primary sulfonamides is 1. The molecule has 6 nitrogen and oxygen atoms in total. The first-order valence-electron chi connectivity index (χ1n) is 8.74. The Morgan fingerprint density at radius 1 is 1.24 bits per heavy atom. The Hall–Kier alpha value is -2.62. The first-order valence-corrected chi connectivity index (χ1v) is 11.1. The molecule has 1 atom stereocenters. The van der Waals surface area contributed by atoms with E-state index in [4.69, 9.17) is 5.14 Å². The predicted molar refractivity (Wildman–Crippen MR) is 110 cm³/mol. The normalized spacial score (nSPS) is 12.6. The summed E-state index contributed by atoms with van der Waals surface area (Å²) in [5.74, 6) is -0.521. The van der Waals surface area contributed by atoms with Crippen LogP contribution >= 0.6 is 11.3 Å². The molecule has 1 amide bonds. The van der Waals surface area contributed by atoms with Crippen molar-refractivity contribution in [1.82, 2.24) is 9.88 Å². The van der Waals surface area contributed by atoms with E-state index in [1.807, 2.05) is 0 Å². The zero-order valence-corrected chi connectivity index (χ0v) is 17.5. The summed E-state index contributed by atoms with van der Waals surface area (Å²) >= 11 is 1.28. The van der Waals surface area contributed by atoms with E-state index in [9.17, 15) is 17.6 Å². The second-order valence-corrected chi connectivity index (χ2v) is 9.31. The maximum atomic E-state index is 13.0. The molecular formula is C20H20FN3O3S2. The number of nitrogens with two attached hydrogens (primary N) is 1. The molecule has 1 heterocycles. The number of nitrogens with zero attached hydrogens (tertiary/aromatic N) is 2. The van der Waals surface area contributed by atoms with Gasteiger partial charge in [0, 0.05) is 13.5 Å². The van der Waals surface area contributed by atoms with Gasteiger partial charge in [0.15, 0.2) is 0 Å². The van der Waals surface area contributed by atoms with Gasteiger partial charge in [-0.25, -0.2) is 22.9 Å². The second-order valence-electron chi connectivity index (χ2n) is 6.63. The average molecular weight is 434 g/mol. The van der Waals surface area contributed by atoms with E-state index in [1.165, 1.54) is 46.7 Å². The Morgan fingerprint density at radius 2 is 1.93 bits per heavy atom. The molecule has 1 unspecified atom stereocenters. The van der Waals surface area contributed by atoms with Crippen molar-refractivity contribution in [3.63, 3.8) is 0 Å². The Morgan fingerprint density at radius 3 is 2.59 bits per heavy atom.